The molecule has 0 aliphatic carbocycles. The third-order valence-electron chi connectivity index (χ3n) is 5.20. The zero-order chi connectivity index (χ0) is 16.9. The molecule has 132 valence electrons. The minimum Gasteiger partial charge on any atom is -0.481 e. The Morgan fingerprint density at radius 2 is 2.08 bits per heavy atom. The quantitative estimate of drug-likeness (QED) is 0.856. The molecular weight excluding hydrogens is 326 g/mol. The van der Waals surface area contributed by atoms with Gasteiger partial charge in [-0.25, -0.2) is 0 Å². The number of hydrogen-bond donors (Lipinski definition) is 1. The standard InChI is InChI=1S/C18H25NO4S/c20-16(5-1-3-14-4-2-12-24-14)19-9-6-13(7-10-19)17-15(18(21)22)8-11-23-17/h2,4,12-13,15,17H,1,3,5-11H2,(H,21,22)/t15?,17-/m0/s1. The Morgan fingerprint density at radius 1 is 1.29 bits per heavy atom. The number of thiophene rings is 1. The average molecular weight is 351 g/mol. The van der Waals surface area contributed by atoms with Crippen LogP contribution in [0.15, 0.2) is 17.5 Å². The molecule has 0 bridgehead atoms. The van der Waals surface area contributed by atoms with Crippen LogP contribution in [0, 0.1) is 11.8 Å². The molecule has 1 unspecified atom stereocenters. The van der Waals surface area contributed by atoms with Crippen molar-refractivity contribution in [1.29, 1.82) is 0 Å². The predicted molar refractivity (Wildman–Crippen MR) is 92.0 cm³/mol. The minimum atomic E-state index is -0.746. The van der Waals surface area contributed by atoms with Crippen molar-refractivity contribution in [3.05, 3.63) is 22.4 Å². The van der Waals surface area contributed by atoms with E-state index in [2.05, 4.69) is 11.4 Å². The average Bonchev–Trinajstić information content (AvgIpc) is 3.26. The van der Waals surface area contributed by atoms with Crippen LogP contribution in [-0.2, 0) is 20.7 Å². The summed E-state index contributed by atoms with van der Waals surface area (Å²) in [5.74, 6) is -0.622. The van der Waals surface area contributed by atoms with E-state index in [9.17, 15) is 14.7 Å². The number of nitrogens with zero attached hydrogens (tertiary/aromatic N) is 1. The number of aliphatic carboxylic acids is 1. The lowest BCUT2D eigenvalue weighted by molar-refractivity contribution is -0.146. The van der Waals surface area contributed by atoms with Crippen molar-refractivity contribution < 1.29 is 19.4 Å². The first-order chi connectivity index (χ1) is 11.6. The number of piperidine rings is 1. The lowest BCUT2D eigenvalue weighted by atomic mass is 9.84. The van der Waals surface area contributed by atoms with Gasteiger partial charge in [0, 0.05) is 31.0 Å². The van der Waals surface area contributed by atoms with Crippen molar-refractivity contribution in [2.75, 3.05) is 19.7 Å². The summed E-state index contributed by atoms with van der Waals surface area (Å²) in [6.07, 6.45) is 4.61. The minimum absolute atomic E-state index is 0.168. The number of aryl methyl sites for hydroxylation is 1. The highest BCUT2D eigenvalue weighted by molar-refractivity contribution is 7.09. The topological polar surface area (TPSA) is 66.8 Å². The van der Waals surface area contributed by atoms with Gasteiger partial charge in [0.1, 0.15) is 0 Å². The number of likely N-dealkylation sites (tertiary alicyclic amines) is 1. The molecule has 0 spiro atoms. The summed E-state index contributed by atoms with van der Waals surface area (Å²) in [6.45, 7) is 2.01. The molecule has 1 aromatic rings. The molecule has 2 atom stereocenters. The normalized spacial score (nSPS) is 25.1. The molecule has 2 aliphatic rings. The van der Waals surface area contributed by atoms with Crippen molar-refractivity contribution in [2.24, 2.45) is 11.8 Å². The van der Waals surface area contributed by atoms with Gasteiger partial charge < -0.3 is 14.7 Å². The summed E-state index contributed by atoms with van der Waals surface area (Å²) in [7, 11) is 0. The summed E-state index contributed by atoms with van der Waals surface area (Å²) < 4.78 is 5.69. The number of amides is 1. The molecule has 1 amide bonds. The van der Waals surface area contributed by atoms with Gasteiger partial charge in [0.25, 0.3) is 0 Å². The first-order valence-corrected chi connectivity index (χ1v) is 9.67. The third-order valence-corrected chi connectivity index (χ3v) is 6.14. The molecule has 2 fully saturated rings. The molecule has 2 saturated heterocycles. The third kappa shape index (κ3) is 4.16. The summed E-state index contributed by atoms with van der Waals surface area (Å²) in [6, 6.07) is 4.16. The molecule has 0 saturated carbocycles. The van der Waals surface area contributed by atoms with E-state index < -0.39 is 5.97 Å². The van der Waals surface area contributed by atoms with E-state index in [1.54, 1.807) is 11.3 Å². The van der Waals surface area contributed by atoms with Gasteiger partial charge in [-0.15, -0.1) is 11.3 Å². The lowest BCUT2D eigenvalue weighted by Crippen LogP contribution is -2.43. The van der Waals surface area contributed by atoms with Gasteiger partial charge in [-0.3, -0.25) is 9.59 Å². The van der Waals surface area contributed by atoms with Gasteiger partial charge in [-0.05, 0) is 49.5 Å². The predicted octanol–water partition coefficient (Wildman–Crippen LogP) is 2.80. The van der Waals surface area contributed by atoms with Crippen molar-refractivity contribution in [2.45, 2.75) is 44.6 Å². The smallest absolute Gasteiger partial charge is 0.309 e. The van der Waals surface area contributed by atoms with E-state index in [1.807, 2.05) is 11.0 Å². The largest absolute Gasteiger partial charge is 0.481 e. The van der Waals surface area contributed by atoms with Crippen LogP contribution >= 0.6 is 11.3 Å². The Morgan fingerprint density at radius 3 is 2.75 bits per heavy atom. The van der Waals surface area contributed by atoms with Crippen LogP contribution in [0.1, 0.15) is 37.0 Å². The number of hydrogen-bond acceptors (Lipinski definition) is 4. The summed E-state index contributed by atoms with van der Waals surface area (Å²) in [5, 5.41) is 11.4. The maximum atomic E-state index is 12.3. The first kappa shape index (κ1) is 17.4. The van der Waals surface area contributed by atoms with Crippen LogP contribution in [0.4, 0.5) is 0 Å². The fourth-order valence-corrected chi connectivity index (χ4v) is 4.60. The maximum absolute atomic E-state index is 12.3. The summed E-state index contributed by atoms with van der Waals surface area (Å²) in [4.78, 5) is 26.9. The number of carbonyl (C=O) groups excluding carboxylic acids is 1. The number of carboxylic acids is 1. The molecular formula is C18H25NO4S. The second-order valence-electron chi connectivity index (χ2n) is 6.72. The summed E-state index contributed by atoms with van der Waals surface area (Å²) in [5.41, 5.74) is 0. The molecule has 0 radical (unpaired) electrons. The Hall–Kier alpha value is -1.40. The van der Waals surface area contributed by atoms with Gasteiger partial charge >= 0.3 is 5.97 Å². The Bertz CT molecular complexity index is 551. The second-order valence-corrected chi connectivity index (χ2v) is 7.75. The lowest BCUT2D eigenvalue weighted by Gasteiger charge is -2.35. The Kier molecular flexibility index (Phi) is 5.89. The monoisotopic (exact) mass is 351 g/mol. The molecule has 3 rings (SSSR count). The molecule has 6 heteroatoms. The number of rotatable bonds is 6. The number of ether oxygens (including phenoxy) is 1. The zero-order valence-electron chi connectivity index (χ0n) is 13.9. The molecule has 2 aliphatic heterocycles. The number of carbonyl (C=O) groups is 2. The molecule has 5 nitrogen and oxygen atoms in total. The van der Waals surface area contributed by atoms with Crippen LogP contribution in [0.25, 0.3) is 0 Å². The zero-order valence-corrected chi connectivity index (χ0v) is 14.7. The van der Waals surface area contributed by atoms with E-state index in [-0.39, 0.29) is 23.8 Å². The van der Waals surface area contributed by atoms with Crippen LogP contribution in [-0.4, -0.2) is 47.7 Å². The van der Waals surface area contributed by atoms with Gasteiger partial charge in [0.05, 0.1) is 12.0 Å². The van der Waals surface area contributed by atoms with E-state index in [0.29, 0.717) is 19.4 Å². The highest BCUT2D eigenvalue weighted by Gasteiger charge is 2.40. The van der Waals surface area contributed by atoms with E-state index in [0.717, 1.165) is 38.8 Å². The van der Waals surface area contributed by atoms with Crippen molar-refractivity contribution >= 4 is 23.2 Å². The van der Waals surface area contributed by atoms with Crippen molar-refractivity contribution in [1.82, 2.24) is 4.90 Å². The van der Waals surface area contributed by atoms with Gasteiger partial charge in [-0.2, -0.15) is 0 Å². The molecule has 24 heavy (non-hydrogen) atoms. The number of carboxylic acid groups (broad SMARTS) is 1. The fourth-order valence-electron chi connectivity index (χ4n) is 3.84. The van der Waals surface area contributed by atoms with Crippen LogP contribution < -0.4 is 0 Å². The van der Waals surface area contributed by atoms with E-state index in [1.165, 1.54) is 4.88 Å². The van der Waals surface area contributed by atoms with Crippen LogP contribution in [0.3, 0.4) is 0 Å². The van der Waals surface area contributed by atoms with Crippen molar-refractivity contribution in [3.8, 4) is 0 Å². The second kappa shape index (κ2) is 8.12. The molecule has 1 N–H and O–H groups in total. The van der Waals surface area contributed by atoms with Crippen molar-refractivity contribution in [3.63, 3.8) is 0 Å². The Labute approximate surface area is 146 Å². The SMILES string of the molecule is O=C(O)C1CCO[C@H]1C1CCN(C(=O)CCCc2cccs2)CC1. The van der Waals surface area contributed by atoms with E-state index >= 15 is 0 Å². The van der Waals surface area contributed by atoms with Gasteiger partial charge in [0.15, 0.2) is 0 Å². The van der Waals surface area contributed by atoms with E-state index in [4.69, 9.17) is 4.74 Å². The Balaban J connectivity index is 1.41. The van der Waals surface area contributed by atoms with Gasteiger partial charge in [-0.1, -0.05) is 6.07 Å². The van der Waals surface area contributed by atoms with Crippen LogP contribution in [0.2, 0.25) is 0 Å². The van der Waals surface area contributed by atoms with Crippen LogP contribution in [0.5, 0.6) is 0 Å². The highest BCUT2D eigenvalue weighted by Crippen LogP contribution is 2.33. The maximum Gasteiger partial charge on any atom is 0.309 e. The fraction of sp³-hybridized carbons (Fsp3) is 0.667. The summed E-state index contributed by atoms with van der Waals surface area (Å²) >= 11 is 1.74. The molecule has 0 aromatic carbocycles. The molecule has 3 heterocycles. The van der Waals surface area contributed by atoms with Gasteiger partial charge in [0.2, 0.25) is 5.91 Å². The molecule has 1 aromatic heterocycles. The highest BCUT2D eigenvalue weighted by atomic mass is 32.1. The first-order valence-electron chi connectivity index (χ1n) is 8.79.